The number of ether oxygens (including phenoxy) is 5. The summed E-state index contributed by atoms with van der Waals surface area (Å²) >= 11 is 0. The zero-order chi connectivity index (χ0) is 17.6. The minimum Gasteiger partial charge on any atom is -0.382 e. The number of rotatable bonds is 16. The smallest absolute Gasteiger partial charge is 0.219 e. The summed E-state index contributed by atoms with van der Waals surface area (Å²) in [6.45, 7) is 11.3. The molecule has 0 atom stereocenters. The fraction of sp³-hybridized carbons (Fsp3) is 0.938. The first-order chi connectivity index (χ1) is 11.3. The van der Waals surface area contributed by atoms with E-state index < -0.39 is 0 Å². The summed E-state index contributed by atoms with van der Waals surface area (Å²) in [7, 11) is 1.64. The lowest BCUT2D eigenvalue weighted by atomic mass is 10.4. The van der Waals surface area contributed by atoms with E-state index >= 15 is 0 Å². The molecule has 0 saturated heterocycles. The van der Waals surface area contributed by atoms with E-state index in [4.69, 9.17) is 23.7 Å². The normalized spacial score (nSPS) is 10.1. The number of carbonyl (C=O) groups excluding carboxylic acids is 1. The highest BCUT2D eigenvalue weighted by molar-refractivity contribution is 5.75. The van der Waals surface area contributed by atoms with Crippen molar-refractivity contribution in [3.05, 3.63) is 0 Å². The van der Waals surface area contributed by atoms with E-state index in [1.54, 1.807) is 7.11 Å². The quantitative estimate of drug-likeness (QED) is 0.427. The Bertz CT molecular complexity index is 229. The van der Waals surface area contributed by atoms with Crippen molar-refractivity contribution in [1.29, 1.82) is 0 Å². The third kappa shape index (κ3) is 23.7. The number of methoxy groups -OCH3 is 1. The molecule has 0 aromatic heterocycles. The second-order valence-corrected chi connectivity index (χ2v) is 4.15. The zero-order valence-corrected chi connectivity index (χ0v) is 15.2. The van der Waals surface area contributed by atoms with Crippen LogP contribution >= 0.6 is 0 Å². The molecule has 140 valence electrons. The van der Waals surface area contributed by atoms with Crippen LogP contribution in [0.25, 0.3) is 0 Å². The molecule has 1 amide bonds. The molecule has 7 nitrogen and oxygen atoms in total. The fourth-order valence-electron chi connectivity index (χ4n) is 1.29. The van der Waals surface area contributed by atoms with Gasteiger partial charge < -0.3 is 29.0 Å². The summed E-state index contributed by atoms with van der Waals surface area (Å²) in [5.41, 5.74) is 0. The van der Waals surface area contributed by atoms with Gasteiger partial charge in [-0.3, -0.25) is 4.79 Å². The maximum Gasteiger partial charge on any atom is 0.219 e. The fourth-order valence-corrected chi connectivity index (χ4v) is 1.29. The van der Waals surface area contributed by atoms with Crippen LogP contribution in [-0.2, 0) is 28.5 Å². The molecule has 0 unspecified atom stereocenters. The van der Waals surface area contributed by atoms with Crippen molar-refractivity contribution in [3.63, 3.8) is 0 Å². The van der Waals surface area contributed by atoms with Crippen LogP contribution in [0.15, 0.2) is 0 Å². The van der Waals surface area contributed by atoms with E-state index in [1.807, 2.05) is 20.8 Å². The van der Waals surface area contributed by atoms with E-state index in [2.05, 4.69) is 5.32 Å². The molecule has 0 fully saturated rings. The lowest BCUT2D eigenvalue weighted by Gasteiger charge is -2.07. The van der Waals surface area contributed by atoms with Crippen molar-refractivity contribution >= 4 is 5.91 Å². The molecule has 0 aliphatic carbocycles. The molecule has 0 rings (SSSR count). The maximum atomic E-state index is 10.9. The topological polar surface area (TPSA) is 75.3 Å². The predicted molar refractivity (Wildman–Crippen MR) is 89.8 cm³/mol. The second kappa shape index (κ2) is 23.5. The van der Waals surface area contributed by atoms with Crippen LogP contribution in [0, 0.1) is 0 Å². The first-order valence-electron chi connectivity index (χ1n) is 8.37. The van der Waals surface area contributed by atoms with Gasteiger partial charge in [-0.15, -0.1) is 0 Å². The van der Waals surface area contributed by atoms with Crippen molar-refractivity contribution in [2.24, 2.45) is 0 Å². The highest BCUT2D eigenvalue weighted by Crippen LogP contribution is 1.83. The summed E-state index contributed by atoms with van der Waals surface area (Å²) in [4.78, 5) is 10.9. The monoisotopic (exact) mass is 337 g/mol. The van der Waals surface area contributed by atoms with Crippen molar-refractivity contribution in [2.45, 2.75) is 27.2 Å². The molecular formula is C16H35NO6. The molecule has 0 aliphatic rings. The van der Waals surface area contributed by atoms with Crippen LogP contribution in [-0.4, -0.2) is 79.0 Å². The standard InChI is InChI=1S/C14H29NO6.C2H6/c1-3-14(16)15-4-5-18-8-9-20-12-13-21-11-10-19-7-6-17-2;1-2/h3-13H2,1-2H3,(H,15,16);1-2H3. The van der Waals surface area contributed by atoms with Crippen molar-refractivity contribution < 1.29 is 28.5 Å². The van der Waals surface area contributed by atoms with Gasteiger partial charge >= 0.3 is 0 Å². The first kappa shape index (κ1) is 24.5. The summed E-state index contributed by atoms with van der Waals surface area (Å²) in [5.74, 6) is 0.0400. The molecule has 0 bridgehead atoms. The molecule has 0 radical (unpaired) electrons. The van der Waals surface area contributed by atoms with E-state index in [9.17, 15) is 4.79 Å². The molecule has 0 spiro atoms. The largest absolute Gasteiger partial charge is 0.382 e. The Morgan fingerprint density at radius 1 is 0.739 bits per heavy atom. The molecule has 7 heteroatoms. The lowest BCUT2D eigenvalue weighted by molar-refractivity contribution is -0.121. The Balaban J connectivity index is 0. The molecule has 0 aromatic carbocycles. The van der Waals surface area contributed by atoms with Gasteiger partial charge in [-0.25, -0.2) is 0 Å². The Hall–Kier alpha value is -0.730. The SMILES string of the molecule is CC.CCC(=O)NCCOCCOCCOCCOCCOC. The maximum absolute atomic E-state index is 10.9. The number of nitrogens with one attached hydrogen (secondary N) is 1. The number of hydrogen-bond donors (Lipinski definition) is 1. The number of carbonyl (C=O) groups is 1. The Kier molecular flexibility index (Phi) is 25.1. The van der Waals surface area contributed by atoms with Gasteiger partial charge in [0.25, 0.3) is 0 Å². The minimum atomic E-state index is 0.0400. The molecule has 0 aromatic rings. The number of amides is 1. The van der Waals surface area contributed by atoms with Crippen LogP contribution in [0.1, 0.15) is 27.2 Å². The highest BCUT2D eigenvalue weighted by atomic mass is 16.6. The summed E-state index contributed by atoms with van der Waals surface area (Å²) in [6.07, 6.45) is 0.501. The minimum absolute atomic E-state index is 0.0400. The van der Waals surface area contributed by atoms with Gasteiger partial charge in [0.2, 0.25) is 5.91 Å². The van der Waals surface area contributed by atoms with Gasteiger partial charge in [0.15, 0.2) is 0 Å². The summed E-state index contributed by atoms with van der Waals surface area (Å²) < 4.78 is 26.0. The van der Waals surface area contributed by atoms with Crippen LogP contribution in [0.4, 0.5) is 0 Å². The molecule has 23 heavy (non-hydrogen) atoms. The van der Waals surface area contributed by atoms with Crippen LogP contribution in [0.2, 0.25) is 0 Å². The first-order valence-corrected chi connectivity index (χ1v) is 8.37. The number of hydrogen-bond acceptors (Lipinski definition) is 6. The molecule has 0 aliphatic heterocycles. The molecule has 1 N–H and O–H groups in total. The average molecular weight is 337 g/mol. The van der Waals surface area contributed by atoms with Crippen molar-refractivity contribution in [3.8, 4) is 0 Å². The average Bonchev–Trinajstić information content (AvgIpc) is 2.59. The van der Waals surface area contributed by atoms with Crippen molar-refractivity contribution in [1.82, 2.24) is 5.32 Å². The Labute approximate surface area is 140 Å². The van der Waals surface area contributed by atoms with E-state index in [-0.39, 0.29) is 5.91 Å². The Morgan fingerprint density at radius 3 is 1.52 bits per heavy atom. The predicted octanol–water partition coefficient (Wildman–Crippen LogP) is 1.25. The second-order valence-electron chi connectivity index (χ2n) is 4.15. The van der Waals surface area contributed by atoms with Crippen LogP contribution < -0.4 is 5.32 Å². The van der Waals surface area contributed by atoms with E-state index in [0.29, 0.717) is 72.4 Å². The van der Waals surface area contributed by atoms with E-state index in [0.717, 1.165) is 0 Å². The van der Waals surface area contributed by atoms with Gasteiger partial charge in [-0.2, -0.15) is 0 Å². The van der Waals surface area contributed by atoms with Gasteiger partial charge in [-0.05, 0) is 0 Å². The third-order valence-corrected chi connectivity index (χ3v) is 2.44. The Morgan fingerprint density at radius 2 is 1.13 bits per heavy atom. The van der Waals surface area contributed by atoms with E-state index in [1.165, 1.54) is 0 Å². The molecule has 0 heterocycles. The van der Waals surface area contributed by atoms with Crippen LogP contribution in [0.5, 0.6) is 0 Å². The van der Waals surface area contributed by atoms with Gasteiger partial charge in [0, 0.05) is 20.1 Å². The summed E-state index contributed by atoms with van der Waals surface area (Å²) in [5, 5.41) is 2.73. The molecule has 0 saturated carbocycles. The zero-order valence-electron chi connectivity index (χ0n) is 15.2. The van der Waals surface area contributed by atoms with Gasteiger partial charge in [0.05, 0.1) is 59.5 Å². The van der Waals surface area contributed by atoms with Crippen molar-refractivity contribution in [2.75, 3.05) is 73.1 Å². The summed E-state index contributed by atoms with van der Waals surface area (Å²) in [6, 6.07) is 0. The van der Waals surface area contributed by atoms with Gasteiger partial charge in [-0.1, -0.05) is 20.8 Å². The molecular weight excluding hydrogens is 302 g/mol. The van der Waals surface area contributed by atoms with Crippen LogP contribution in [0.3, 0.4) is 0 Å². The third-order valence-electron chi connectivity index (χ3n) is 2.44. The highest BCUT2D eigenvalue weighted by Gasteiger charge is 1.95. The lowest BCUT2D eigenvalue weighted by Crippen LogP contribution is -2.26. The van der Waals surface area contributed by atoms with Gasteiger partial charge in [0.1, 0.15) is 0 Å².